The van der Waals surface area contributed by atoms with Gasteiger partial charge in [-0.05, 0) is 136 Å². The maximum Gasteiger partial charge on any atom is 0.0467 e. The number of nitrogens with zero attached hydrogens (tertiary/aromatic N) is 2. The molecule has 59 heavy (non-hydrogen) atoms. The van der Waals surface area contributed by atoms with Gasteiger partial charge in [-0.1, -0.05) is 152 Å². The molecular formula is C56H45N3. The van der Waals surface area contributed by atoms with Gasteiger partial charge < -0.3 is 15.1 Å². The summed E-state index contributed by atoms with van der Waals surface area (Å²) in [5.41, 5.74) is 17.2. The number of anilines is 7. The van der Waals surface area contributed by atoms with Crippen molar-refractivity contribution in [2.75, 3.05) is 21.7 Å². The lowest BCUT2D eigenvalue weighted by molar-refractivity contribution is 1.21. The topological polar surface area (TPSA) is 18.5 Å². The minimum atomic E-state index is 0.881. The van der Waals surface area contributed by atoms with Gasteiger partial charge in [0.2, 0.25) is 0 Å². The van der Waals surface area contributed by atoms with Crippen LogP contribution in [-0.4, -0.2) is 6.54 Å². The number of rotatable bonds is 12. The summed E-state index contributed by atoms with van der Waals surface area (Å²) >= 11 is 0. The molecule has 0 radical (unpaired) electrons. The van der Waals surface area contributed by atoms with Gasteiger partial charge in [0.05, 0.1) is 0 Å². The molecule has 3 heteroatoms. The minimum absolute atomic E-state index is 0.881. The van der Waals surface area contributed by atoms with Gasteiger partial charge in [-0.3, -0.25) is 0 Å². The molecule has 0 amide bonds. The Morgan fingerprint density at radius 1 is 0.271 bits per heavy atom. The van der Waals surface area contributed by atoms with Crippen molar-refractivity contribution in [3.8, 4) is 44.5 Å². The lowest BCUT2D eigenvalue weighted by Gasteiger charge is -2.27. The molecule has 1 N–H and O–H groups in total. The van der Waals surface area contributed by atoms with Gasteiger partial charge in [0.15, 0.2) is 0 Å². The fraction of sp³-hybridized carbons (Fsp3) is 0.0357. The molecule has 3 nitrogen and oxygen atoms in total. The second-order valence-corrected chi connectivity index (χ2v) is 14.6. The Morgan fingerprint density at radius 3 is 0.898 bits per heavy atom. The van der Waals surface area contributed by atoms with Crippen molar-refractivity contribution in [3.05, 3.63) is 237 Å². The quantitative estimate of drug-likeness (QED) is 0.134. The molecule has 0 saturated heterocycles. The molecule has 9 aromatic carbocycles. The van der Waals surface area contributed by atoms with Crippen molar-refractivity contribution >= 4 is 39.8 Å². The van der Waals surface area contributed by atoms with Crippen molar-refractivity contribution in [1.29, 1.82) is 0 Å². The fourth-order valence-corrected chi connectivity index (χ4v) is 7.78. The van der Waals surface area contributed by atoms with Crippen LogP contribution >= 0.6 is 0 Å². The van der Waals surface area contributed by atoms with E-state index in [9.17, 15) is 0 Å². The lowest BCUT2D eigenvalue weighted by atomic mass is 10.0. The van der Waals surface area contributed by atoms with Gasteiger partial charge in [0.25, 0.3) is 0 Å². The molecular weight excluding hydrogens is 715 g/mol. The third-order valence-electron chi connectivity index (χ3n) is 10.7. The van der Waals surface area contributed by atoms with Crippen LogP contribution in [0.15, 0.2) is 237 Å². The Kier molecular flexibility index (Phi) is 10.8. The second-order valence-electron chi connectivity index (χ2n) is 14.6. The molecule has 0 unspecified atom stereocenters. The van der Waals surface area contributed by atoms with Gasteiger partial charge in [-0.25, -0.2) is 0 Å². The van der Waals surface area contributed by atoms with Crippen LogP contribution in [0.5, 0.6) is 0 Å². The van der Waals surface area contributed by atoms with E-state index in [1.165, 1.54) is 33.4 Å². The van der Waals surface area contributed by atoms with Crippen molar-refractivity contribution in [1.82, 2.24) is 0 Å². The van der Waals surface area contributed by atoms with E-state index in [4.69, 9.17) is 0 Å². The molecule has 0 aliphatic carbocycles. The Balaban J connectivity index is 1.05. The van der Waals surface area contributed by atoms with Crippen LogP contribution in [0.1, 0.15) is 6.92 Å². The highest BCUT2D eigenvalue weighted by molar-refractivity contribution is 5.84. The zero-order valence-corrected chi connectivity index (χ0v) is 33.1. The van der Waals surface area contributed by atoms with Crippen LogP contribution in [0.3, 0.4) is 0 Å². The van der Waals surface area contributed by atoms with E-state index in [2.05, 4.69) is 259 Å². The van der Waals surface area contributed by atoms with E-state index in [1.54, 1.807) is 0 Å². The Labute approximate surface area is 348 Å². The van der Waals surface area contributed by atoms with Gasteiger partial charge in [0, 0.05) is 46.4 Å². The third kappa shape index (κ3) is 8.27. The minimum Gasteiger partial charge on any atom is -0.385 e. The molecule has 0 fully saturated rings. The van der Waals surface area contributed by atoms with Crippen molar-refractivity contribution < 1.29 is 0 Å². The first-order valence-corrected chi connectivity index (χ1v) is 20.3. The fourth-order valence-electron chi connectivity index (χ4n) is 7.78. The van der Waals surface area contributed by atoms with E-state index in [0.29, 0.717) is 0 Å². The number of hydrogen-bond acceptors (Lipinski definition) is 3. The van der Waals surface area contributed by atoms with Crippen LogP contribution in [0.25, 0.3) is 44.5 Å². The maximum absolute atomic E-state index is 3.43. The molecule has 0 bridgehead atoms. The number of hydrogen-bond donors (Lipinski definition) is 1. The van der Waals surface area contributed by atoms with E-state index in [-0.39, 0.29) is 0 Å². The number of benzene rings is 9. The standard InChI is InChI=1S/C56H45N3/c1-2-57-50-30-38-54(39-31-50)59(56-23-13-21-49(41-56)44-18-10-5-11-19-44)53-36-28-47(29-37-53)46-26-34-52(35-27-46)58(51-32-24-45(25-33-51)42-14-6-3-7-15-42)55-22-12-20-48(40-55)43-16-8-4-9-17-43/h3-41,57H,2H2,1H3. The Bertz CT molecular complexity index is 2730. The molecule has 9 rings (SSSR count). The lowest BCUT2D eigenvalue weighted by Crippen LogP contribution is -2.10. The average molecular weight is 760 g/mol. The summed E-state index contributed by atoms with van der Waals surface area (Å²) in [6, 6.07) is 84.7. The second kappa shape index (κ2) is 17.3. The SMILES string of the molecule is CCNc1ccc(N(c2ccc(-c3ccc(N(c4ccc(-c5ccccc5)cc4)c4cccc(-c5ccccc5)c4)cc3)cc2)c2cccc(-c3ccccc3)c2)cc1. The van der Waals surface area contributed by atoms with Gasteiger partial charge >= 0.3 is 0 Å². The first-order chi connectivity index (χ1) is 29.2. The third-order valence-corrected chi connectivity index (χ3v) is 10.7. The summed E-state index contributed by atoms with van der Waals surface area (Å²) in [7, 11) is 0. The predicted molar refractivity (Wildman–Crippen MR) is 252 cm³/mol. The molecule has 0 saturated carbocycles. The molecule has 284 valence electrons. The predicted octanol–water partition coefficient (Wildman–Crippen LogP) is 15.7. The summed E-state index contributed by atoms with van der Waals surface area (Å²) in [5, 5.41) is 3.43. The first kappa shape index (κ1) is 37.0. The van der Waals surface area contributed by atoms with Crippen LogP contribution in [0, 0.1) is 0 Å². The summed E-state index contributed by atoms with van der Waals surface area (Å²) in [6.07, 6.45) is 0. The Hall–Kier alpha value is -7.62. The van der Waals surface area contributed by atoms with Crippen molar-refractivity contribution in [2.45, 2.75) is 6.92 Å². The molecule has 0 aliphatic rings. The molecule has 9 aromatic rings. The molecule has 0 spiro atoms. The highest BCUT2D eigenvalue weighted by atomic mass is 15.1. The van der Waals surface area contributed by atoms with Crippen molar-refractivity contribution in [3.63, 3.8) is 0 Å². The van der Waals surface area contributed by atoms with Crippen LogP contribution in [-0.2, 0) is 0 Å². The summed E-state index contributed by atoms with van der Waals surface area (Å²) < 4.78 is 0. The number of nitrogens with one attached hydrogen (secondary N) is 1. The summed E-state index contributed by atoms with van der Waals surface area (Å²) in [4.78, 5) is 4.68. The Morgan fingerprint density at radius 2 is 0.559 bits per heavy atom. The monoisotopic (exact) mass is 759 g/mol. The molecule has 0 aromatic heterocycles. The molecule has 0 heterocycles. The van der Waals surface area contributed by atoms with Gasteiger partial charge in [0.1, 0.15) is 0 Å². The molecule has 0 atom stereocenters. The molecule has 0 aliphatic heterocycles. The maximum atomic E-state index is 3.43. The zero-order valence-electron chi connectivity index (χ0n) is 33.1. The highest BCUT2D eigenvalue weighted by Gasteiger charge is 2.16. The average Bonchev–Trinajstić information content (AvgIpc) is 3.32. The van der Waals surface area contributed by atoms with Crippen LogP contribution < -0.4 is 15.1 Å². The normalized spacial score (nSPS) is 10.9. The smallest absolute Gasteiger partial charge is 0.0467 e. The van der Waals surface area contributed by atoms with Crippen LogP contribution in [0.2, 0.25) is 0 Å². The van der Waals surface area contributed by atoms with Crippen LogP contribution in [0.4, 0.5) is 39.8 Å². The van der Waals surface area contributed by atoms with Gasteiger partial charge in [-0.15, -0.1) is 0 Å². The summed E-state index contributed by atoms with van der Waals surface area (Å²) in [6.45, 7) is 3.00. The first-order valence-electron chi connectivity index (χ1n) is 20.3. The largest absolute Gasteiger partial charge is 0.385 e. The van der Waals surface area contributed by atoms with Crippen molar-refractivity contribution in [2.24, 2.45) is 0 Å². The van der Waals surface area contributed by atoms with E-state index in [0.717, 1.165) is 57.5 Å². The van der Waals surface area contributed by atoms with E-state index in [1.807, 2.05) is 0 Å². The summed E-state index contributed by atoms with van der Waals surface area (Å²) in [5.74, 6) is 0. The zero-order chi connectivity index (χ0) is 39.8. The van der Waals surface area contributed by atoms with E-state index < -0.39 is 0 Å². The highest BCUT2D eigenvalue weighted by Crippen LogP contribution is 2.40. The van der Waals surface area contributed by atoms with Gasteiger partial charge in [-0.2, -0.15) is 0 Å². The van der Waals surface area contributed by atoms with E-state index >= 15 is 0 Å².